The molecule has 1 N–H and O–H groups in total. The van der Waals surface area contributed by atoms with Crippen LogP contribution in [0.5, 0.6) is 0 Å². The molecule has 0 aromatic carbocycles. The van der Waals surface area contributed by atoms with E-state index in [1.165, 1.54) is 5.56 Å². The molecule has 4 nitrogen and oxygen atoms in total. The molecule has 72 valence electrons. The summed E-state index contributed by atoms with van der Waals surface area (Å²) in [5.74, 6) is 0. The number of nitrogens with zero attached hydrogens (tertiary/aromatic N) is 3. The van der Waals surface area contributed by atoms with Gasteiger partial charge in [0.2, 0.25) is 0 Å². The van der Waals surface area contributed by atoms with Crippen LogP contribution in [0.1, 0.15) is 11.6 Å². The summed E-state index contributed by atoms with van der Waals surface area (Å²) in [6.45, 7) is 5.12. The summed E-state index contributed by atoms with van der Waals surface area (Å²) in [6, 6.07) is 0.514. The average molecular weight is 181 g/mol. The quantitative estimate of drug-likeness (QED) is 0.716. The van der Waals surface area contributed by atoms with Gasteiger partial charge in [-0.15, -0.1) is 0 Å². The van der Waals surface area contributed by atoms with Gasteiger partial charge in [0.25, 0.3) is 0 Å². The van der Waals surface area contributed by atoms with Crippen LogP contribution in [-0.4, -0.2) is 46.0 Å². The Morgan fingerprint density at radius 1 is 1.62 bits per heavy atom. The van der Waals surface area contributed by atoms with E-state index >= 15 is 0 Å². The van der Waals surface area contributed by atoms with Gasteiger partial charge in [0, 0.05) is 25.8 Å². The molecule has 0 amide bonds. The zero-order valence-electron chi connectivity index (χ0n) is 7.85. The molecule has 1 saturated heterocycles. The van der Waals surface area contributed by atoms with Crippen LogP contribution >= 0.6 is 0 Å². The average Bonchev–Trinajstić information content (AvgIpc) is 2.43. The van der Waals surface area contributed by atoms with Crippen LogP contribution in [-0.2, 0) is 0 Å². The summed E-state index contributed by atoms with van der Waals surface area (Å²) in [6.07, 6.45) is 3.95. The Balaban J connectivity index is 1.86. The monoisotopic (exact) mass is 181 g/mol. The first-order valence-electron chi connectivity index (χ1n) is 4.63. The molecule has 0 spiro atoms. The molecule has 0 radical (unpaired) electrons. The molecule has 1 aromatic rings. The number of hydrogen-bond acceptors (Lipinski definition) is 3. The molecule has 0 bridgehead atoms. The van der Waals surface area contributed by atoms with Crippen LogP contribution in [0.2, 0.25) is 0 Å². The molecule has 4 heteroatoms. The number of likely N-dealkylation sites (tertiary alicyclic amines) is 1. The highest BCUT2D eigenvalue weighted by Crippen LogP contribution is 2.19. The zero-order chi connectivity index (χ0) is 9.26. The van der Waals surface area contributed by atoms with Crippen LogP contribution in [0.15, 0.2) is 12.4 Å². The third kappa shape index (κ3) is 1.73. The van der Waals surface area contributed by atoms with Crippen molar-refractivity contribution in [2.45, 2.75) is 13.0 Å². The molecule has 1 aliphatic heterocycles. The van der Waals surface area contributed by atoms with Crippen molar-refractivity contribution in [3.63, 3.8) is 0 Å². The Morgan fingerprint density at radius 3 is 2.92 bits per heavy atom. The van der Waals surface area contributed by atoms with E-state index in [4.69, 9.17) is 5.11 Å². The minimum Gasteiger partial charge on any atom is -0.395 e. The predicted octanol–water partition coefficient (Wildman–Crippen LogP) is 0.0405. The van der Waals surface area contributed by atoms with Crippen LogP contribution in [0.3, 0.4) is 0 Å². The summed E-state index contributed by atoms with van der Waals surface area (Å²) in [5, 5.41) is 13.0. The predicted molar refractivity (Wildman–Crippen MR) is 49.5 cm³/mol. The third-order valence-corrected chi connectivity index (χ3v) is 2.46. The Kier molecular flexibility index (Phi) is 2.33. The van der Waals surface area contributed by atoms with Gasteiger partial charge in [-0.05, 0) is 12.5 Å². The van der Waals surface area contributed by atoms with Gasteiger partial charge in [-0.3, -0.25) is 9.58 Å². The molecule has 0 saturated carbocycles. The van der Waals surface area contributed by atoms with E-state index < -0.39 is 0 Å². The highest BCUT2D eigenvalue weighted by Gasteiger charge is 2.27. The highest BCUT2D eigenvalue weighted by atomic mass is 16.3. The first kappa shape index (κ1) is 8.72. The van der Waals surface area contributed by atoms with E-state index in [1.54, 1.807) is 0 Å². The maximum atomic E-state index is 8.70. The van der Waals surface area contributed by atoms with E-state index in [0.29, 0.717) is 6.04 Å². The second kappa shape index (κ2) is 3.47. The van der Waals surface area contributed by atoms with Gasteiger partial charge in [0.1, 0.15) is 0 Å². The van der Waals surface area contributed by atoms with Crippen LogP contribution in [0, 0.1) is 6.92 Å². The second-order valence-electron chi connectivity index (χ2n) is 3.63. The van der Waals surface area contributed by atoms with E-state index in [9.17, 15) is 0 Å². The first-order valence-corrected chi connectivity index (χ1v) is 4.63. The van der Waals surface area contributed by atoms with E-state index in [2.05, 4.69) is 16.2 Å². The Labute approximate surface area is 77.8 Å². The molecule has 2 heterocycles. The first-order chi connectivity index (χ1) is 6.29. The third-order valence-electron chi connectivity index (χ3n) is 2.46. The van der Waals surface area contributed by atoms with Gasteiger partial charge in [0.15, 0.2) is 0 Å². The molecule has 13 heavy (non-hydrogen) atoms. The molecule has 0 unspecified atom stereocenters. The second-order valence-corrected chi connectivity index (χ2v) is 3.63. The molecule has 2 rings (SSSR count). The number of aromatic nitrogens is 2. The lowest BCUT2D eigenvalue weighted by Gasteiger charge is -2.38. The molecular weight excluding hydrogens is 166 g/mol. The Morgan fingerprint density at radius 2 is 2.38 bits per heavy atom. The number of hydrogen-bond donors (Lipinski definition) is 1. The van der Waals surface area contributed by atoms with E-state index in [-0.39, 0.29) is 6.61 Å². The van der Waals surface area contributed by atoms with Crippen LogP contribution in [0.4, 0.5) is 0 Å². The lowest BCUT2D eigenvalue weighted by molar-refractivity contribution is 0.0774. The smallest absolute Gasteiger partial charge is 0.0772 e. The van der Waals surface area contributed by atoms with Crippen LogP contribution in [0.25, 0.3) is 0 Å². The number of aliphatic hydroxyl groups excluding tert-OH is 1. The number of β-amino-alcohol motifs (C(OH)–C–C–N with tert-alkyl or cyclic N) is 1. The standard InChI is InChI=1S/C9H15N3O/c1-8-4-10-12(5-8)9-6-11(7-9)2-3-13/h4-5,9,13H,2-3,6-7H2,1H3. The van der Waals surface area contributed by atoms with Crippen molar-refractivity contribution in [3.8, 4) is 0 Å². The van der Waals surface area contributed by atoms with Crippen molar-refractivity contribution in [2.24, 2.45) is 0 Å². The minimum atomic E-state index is 0.255. The van der Waals surface area contributed by atoms with Gasteiger partial charge >= 0.3 is 0 Å². The largest absolute Gasteiger partial charge is 0.395 e. The fraction of sp³-hybridized carbons (Fsp3) is 0.667. The van der Waals surface area contributed by atoms with Gasteiger partial charge in [-0.25, -0.2) is 0 Å². The molecule has 1 aromatic heterocycles. The molecule has 0 atom stereocenters. The van der Waals surface area contributed by atoms with E-state index in [0.717, 1.165) is 19.6 Å². The van der Waals surface area contributed by atoms with Crippen LogP contribution < -0.4 is 0 Å². The van der Waals surface area contributed by atoms with E-state index in [1.807, 2.05) is 17.8 Å². The summed E-state index contributed by atoms with van der Waals surface area (Å²) in [5.41, 5.74) is 1.21. The number of aliphatic hydroxyl groups is 1. The topological polar surface area (TPSA) is 41.3 Å². The lowest BCUT2D eigenvalue weighted by Crippen LogP contribution is -2.48. The summed E-state index contributed by atoms with van der Waals surface area (Å²) in [4.78, 5) is 2.22. The van der Waals surface area contributed by atoms with Gasteiger partial charge in [-0.2, -0.15) is 5.10 Å². The Bertz CT molecular complexity index is 278. The fourth-order valence-electron chi connectivity index (χ4n) is 1.67. The van der Waals surface area contributed by atoms with Gasteiger partial charge in [0.05, 0.1) is 18.8 Å². The van der Waals surface area contributed by atoms with Crippen molar-refractivity contribution in [1.29, 1.82) is 0 Å². The van der Waals surface area contributed by atoms with Crippen molar-refractivity contribution in [1.82, 2.24) is 14.7 Å². The van der Waals surface area contributed by atoms with Crippen molar-refractivity contribution in [2.75, 3.05) is 26.2 Å². The molecule has 1 aliphatic rings. The minimum absolute atomic E-state index is 0.255. The van der Waals surface area contributed by atoms with Gasteiger partial charge < -0.3 is 5.11 Å². The van der Waals surface area contributed by atoms with Crippen molar-refractivity contribution < 1.29 is 5.11 Å². The summed E-state index contributed by atoms with van der Waals surface area (Å²) >= 11 is 0. The summed E-state index contributed by atoms with van der Waals surface area (Å²) in [7, 11) is 0. The number of rotatable bonds is 3. The van der Waals surface area contributed by atoms with Crippen molar-refractivity contribution in [3.05, 3.63) is 18.0 Å². The van der Waals surface area contributed by atoms with Crippen molar-refractivity contribution >= 4 is 0 Å². The Hall–Kier alpha value is -0.870. The molecular formula is C9H15N3O. The van der Waals surface area contributed by atoms with Gasteiger partial charge in [-0.1, -0.05) is 0 Å². The number of aryl methyl sites for hydroxylation is 1. The maximum Gasteiger partial charge on any atom is 0.0772 e. The normalized spacial score (nSPS) is 18.9. The SMILES string of the molecule is Cc1cnn(C2CN(CCO)C2)c1. The zero-order valence-corrected chi connectivity index (χ0v) is 7.85. The highest BCUT2D eigenvalue weighted by molar-refractivity contribution is 5.02. The summed E-state index contributed by atoms with van der Waals surface area (Å²) < 4.78 is 2.02. The fourth-order valence-corrected chi connectivity index (χ4v) is 1.67. The molecule has 0 aliphatic carbocycles. The lowest BCUT2D eigenvalue weighted by atomic mass is 10.1. The molecule has 1 fully saturated rings. The maximum absolute atomic E-state index is 8.70.